The minimum Gasteiger partial charge on any atom is -0.356 e. The Kier molecular flexibility index (Phi) is 11.4. The molecule has 0 saturated carbocycles. The van der Waals surface area contributed by atoms with Gasteiger partial charge in [0.2, 0.25) is 0 Å². The summed E-state index contributed by atoms with van der Waals surface area (Å²) in [5.41, 5.74) is 0. The van der Waals surface area contributed by atoms with E-state index in [1.165, 1.54) is 18.6 Å². The van der Waals surface area contributed by atoms with Crippen molar-refractivity contribution in [1.82, 2.24) is 10.6 Å². The Hall–Kier alpha value is 0.440. The van der Waals surface area contributed by atoms with Crippen molar-refractivity contribution in [3.8, 4) is 0 Å². The minimum absolute atomic E-state index is 0. The highest BCUT2D eigenvalue weighted by atomic mass is 127. The van der Waals surface area contributed by atoms with Crippen LogP contribution in [0.4, 0.5) is 0 Å². The van der Waals surface area contributed by atoms with E-state index in [-0.39, 0.29) is 24.0 Å². The molecule has 0 aromatic heterocycles. The summed E-state index contributed by atoms with van der Waals surface area (Å²) in [5, 5.41) is 6.78. The third-order valence-corrected chi connectivity index (χ3v) is 5.43. The summed E-state index contributed by atoms with van der Waals surface area (Å²) in [7, 11) is 1.83. The number of halogens is 1. The van der Waals surface area contributed by atoms with E-state index in [1.54, 1.807) is 0 Å². The Balaban J connectivity index is 0.00000324. The maximum absolute atomic E-state index is 4.25. The highest BCUT2D eigenvalue weighted by Crippen LogP contribution is 2.36. The lowest BCUT2D eigenvalue weighted by Gasteiger charge is -2.24. The van der Waals surface area contributed by atoms with Crippen molar-refractivity contribution in [3.63, 3.8) is 0 Å². The zero-order valence-corrected chi connectivity index (χ0v) is 15.9. The highest BCUT2D eigenvalue weighted by molar-refractivity contribution is 14.0. The molecule has 1 heterocycles. The summed E-state index contributed by atoms with van der Waals surface area (Å²) in [5.74, 6) is 4.31. The van der Waals surface area contributed by atoms with E-state index in [1.807, 2.05) is 24.9 Å². The van der Waals surface area contributed by atoms with Crippen LogP contribution in [0, 0.1) is 0 Å². The van der Waals surface area contributed by atoms with Gasteiger partial charge in [-0.1, -0.05) is 6.08 Å². The van der Waals surface area contributed by atoms with Crippen molar-refractivity contribution in [2.24, 2.45) is 4.99 Å². The van der Waals surface area contributed by atoms with Crippen molar-refractivity contribution >= 4 is 53.5 Å². The van der Waals surface area contributed by atoms with Gasteiger partial charge < -0.3 is 10.6 Å². The number of aliphatic imine (C=N–C) groups is 1. The molecule has 0 amide bonds. The van der Waals surface area contributed by atoms with E-state index in [4.69, 9.17) is 0 Å². The zero-order valence-electron chi connectivity index (χ0n) is 11.9. The number of nitrogens with zero attached hydrogens (tertiary/aromatic N) is 1. The fourth-order valence-corrected chi connectivity index (χ4v) is 3.70. The summed E-state index contributed by atoms with van der Waals surface area (Å²) >= 11 is 3.95. The van der Waals surface area contributed by atoms with Crippen LogP contribution >= 0.6 is 47.5 Å². The van der Waals surface area contributed by atoms with Gasteiger partial charge in [-0.05, 0) is 25.5 Å². The van der Waals surface area contributed by atoms with Gasteiger partial charge in [0, 0.05) is 36.4 Å². The molecule has 112 valence electrons. The standard InChI is InChI=1S/C13H25N3S2.HI/c1-4-8-17-10-7-15-12(14-3)16-11-13(2)6-5-9-18-13;/h4H,1,5-11H2,2-3H3,(H2,14,15,16);1H. The molecular weight excluding hydrogens is 389 g/mol. The van der Waals surface area contributed by atoms with Gasteiger partial charge in [0.15, 0.2) is 5.96 Å². The molecule has 1 atom stereocenters. The van der Waals surface area contributed by atoms with Crippen molar-refractivity contribution in [2.75, 3.05) is 37.4 Å². The normalized spacial score (nSPS) is 22.7. The molecule has 2 N–H and O–H groups in total. The molecule has 1 aliphatic heterocycles. The summed E-state index contributed by atoms with van der Waals surface area (Å²) < 4.78 is 0.384. The van der Waals surface area contributed by atoms with Gasteiger partial charge >= 0.3 is 0 Å². The van der Waals surface area contributed by atoms with Crippen LogP contribution in [0.1, 0.15) is 19.8 Å². The molecule has 1 saturated heterocycles. The predicted octanol–water partition coefficient (Wildman–Crippen LogP) is 2.97. The van der Waals surface area contributed by atoms with Crippen LogP contribution in [0.15, 0.2) is 17.6 Å². The molecule has 0 spiro atoms. The summed E-state index contributed by atoms with van der Waals surface area (Å²) in [6.07, 6.45) is 4.58. The molecule has 1 aliphatic rings. The maximum atomic E-state index is 4.25. The Morgan fingerprint density at radius 1 is 1.53 bits per heavy atom. The monoisotopic (exact) mass is 415 g/mol. The van der Waals surface area contributed by atoms with Crippen LogP contribution in [0.3, 0.4) is 0 Å². The molecule has 19 heavy (non-hydrogen) atoms. The van der Waals surface area contributed by atoms with Crippen molar-refractivity contribution < 1.29 is 0 Å². The molecule has 1 unspecified atom stereocenters. The number of hydrogen-bond acceptors (Lipinski definition) is 3. The van der Waals surface area contributed by atoms with Crippen LogP contribution in [0.2, 0.25) is 0 Å². The average molecular weight is 415 g/mol. The first-order valence-corrected chi connectivity index (χ1v) is 8.61. The molecular formula is C13H26IN3S2. The second-order valence-electron chi connectivity index (χ2n) is 4.62. The summed E-state index contributed by atoms with van der Waals surface area (Å²) in [4.78, 5) is 4.25. The second kappa shape index (κ2) is 11.1. The van der Waals surface area contributed by atoms with Crippen molar-refractivity contribution in [3.05, 3.63) is 12.7 Å². The highest BCUT2D eigenvalue weighted by Gasteiger charge is 2.29. The van der Waals surface area contributed by atoms with Crippen molar-refractivity contribution in [2.45, 2.75) is 24.5 Å². The molecule has 1 fully saturated rings. The van der Waals surface area contributed by atoms with Gasteiger partial charge in [-0.2, -0.15) is 23.5 Å². The van der Waals surface area contributed by atoms with E-state index in [0.717, 1.165) is 30.6 Å². The molecule has 6 heteroatoms. The van der Waals surface area contributed by atoms with E-state index < -0.39 is 0 Å². The average Bonchev–Trinajstić information content (AvgIpc) is 2.80. The van der Waals surface area contributed by atoms with E-state index in [2.05, 4.69) is 40.9 Å². The molecule has 0 aromatic carbocycles. The third-order valence-electron chi connectivity index (χ3n) is 2.93. The van der Waals surface area contributed by atoms with E-state index >= 15 is 0 Å². The van der Waals surface area contributed by atoms with Gasteiger partial charge in [0.25, 0.3) is 0 Å². The number of thioether (sulfide) groups is 2. The van der Waals surface area contributed by atoms with E-state index in [9.17, 15) is 0 Å². The second-order valence-corrected chi connectivity index (χ2v) is 7.45. The lowest BCUT2D eigenvalue weighted by atomic mass is 10.1. The number of nitrogens with one attached hydrogen (secondary N) is 2. The first-order valence-electron chi connectivity index (χ1n) is 6.47. The van der Waals surface area contributed by atoms with Gasteiger partial charge in [-0.15, -0.1) is 30.6 Å². The SMILES string of the molecule is C=CCSCCNC(=NC)NCC1(C)CCCS1.I. The number of rotatable bonds is 7. The van der Waals surface area contributed by atoms with Crippen LogP contribution in [0.5, 0.6) is 0 Å². The molecule has 0 aromatic rings. The first kappa shape index (κ1) is 19.4. The maximum Gasteiger partial charge on any atom is 0.191 e. The lowest BCUT2D eigenvalue weighted by molar-refractivity contribution is 0.585. The van der Waals surface area contributed by atoms with Gasteiger partial charge in [-0.3, -0.25) is 4.99 Å². The summed E-state index contributed by atoms with van der Waals surface area (Å²) in [6.45, 7) is 7.99. The molecule has 0 bridgehead atoms. The van der Waals surface area contributed by atoms with Gasteiger partial charge in [-0.25, -0.2) is 0 Å². The Morgan fingerprint density at radius 2 is 2.32 bits per heavy atom. The van der Waals surface area contributed by atoms with E-state index in [0.29, 0.717) is 4.75 Å². The Labute approximate surface area is 143 Å². The largest absolute Gasteiger partial charge is 0.356 e. The minimum atomic E-state index is 0. The van der Waals surface area contributed by atoms with Gasteiger partial charge in [0.05, 0.1) is 0 Å². The van der Waals surface area contributed by atoms with Gasteiger partial charge in [0.1, 0.15) is 0 Å². The Bertz CT molecular complexity index is 279. The first-order chi connectivity index (χ1) is 8.70. The lowest BCUT2D eigenvalue weighted by Crippen LogP contribution is -2.44. The number of guanidine groups is 1. The van der Waals surface area contributed by atoms with Crippen LogP contribution in [-0.2, 0) is 0 Å². The molecule has 1 rings (SSSR count). The molecule has 0 aliphatic carbocycles. The molecule has 3 nitrogen and oxygen atoms in total. The van der Waals surface area contributed by atoms with Crippen LogP contribution in [0.25, 0.3) is 0 Å². The van der Waals surface area contributed by atoms with Crippen LogP contribution in [-0.4, -0.2) is 48.1 Å². The zero-order chi connectivity index (χ0) is 13.3. The third kappa shape index (κ3) is 8.34. The Morgan fingerprint density at radius 3 is 2.89 bits per heavy atom. The number of hydrogen-bond donors (Lipinski definition) is 2. The van der Waals surface area contributed by atoms with Crippen molar-refractivity contribution in [1.29, 1.82) is 0 Å². The topological polar surface area (TPSA) is 36.4 Å². The smallest absolute Gasteiger partial charge is 0.191 e. The fourth-order valence-electron chi connectivity index (χ4n) is 1.88. The quantitative estimate of drug-likeness (QED) is 0.220. The molecule has 0 radical (unpaired) electrons. The van der Waals surface area contributed by atoms with Crippen LogP contribution < -0.4 is 10.6 Å². The predicted molar refractivity (Wildman–Crippen MR) is 102 cm³/mol. The summed E-state index contributed by atoms with van der Waals surface area (Å²) in [6, 6.07) is 0. The fraction of sp³-hybridized carbons (Fsp3) is 0.769.